The van der Waals surface area contributed by atoms with Crippen LogP contribution in [-0.2, 0) is 9.53 Å². The van der Waals surface area contributed by atoms with E-state index in [0.29, 0.717) is 35.6 Å². The van der Waals surface area contributed by atoms with Crippen molar-refractivity contribution in [3.05, 3.63) is 36.3 Å². The topological polar surface area (TPSA) is 60.5 Å². The SMILES string of the molecule is CC1(C(=O)Nc2ncc(Oc3cccc(F)c3)s2)CCOC1. The number of rotatable bonds is 4. The molecule has 1 amide bonds. The van der Waals surface area contributed by atoms with Crippen LogP contribution < -0.4 is 10.1 Å². The minimum absolute atomic E-state index is 0.114. The van der Waals surface area contributed by atoms with Crippen LogP contribution in [-0.4, -0.2) is 24.1 Å². The van der Waals surface area contributed by atoms with Gasteiger partial charge in [-0.1, -0.05) is 17.4 Å². The maximum absolute atomic E-state index is 13.1. The molecule has 0 spiro atoms. The lowest BCUT2D eigenvalue weighted by molar-refractivity contribution is -0.124. The van der Waals surface area contributed by atoms with E-state index in [1.165, 1.54) is 29.7 Å². The van der Waals surface area contributed by atoms with Crippen LogP contribution in [0.3, 0.4) is 0 Å². The quantitative estimate of drug-likeness (QED) is 0.937. The normalized spacial score (nSPS) is 20.8. The number of hydrogen-bond acceptors (Lipinski definition) is 5. The Morgan fingerprint density at radius 2 is 2.41 bits per heavy atom. The Hall–Kier alpha value is -1.99. The highest BCUT2D eigenvalue weighted by Gasteiger charge is 2.37. The monoisotopic (exact) mass is 322 g/mol. The Morgan fingerprint density at radius 3 is 3.14 bits per heavy atom. The van der Waals surface area contributed by atoms with E-state index in [0.717, 1.165) is 0 Å². The van der Waals surface area contributed by atoms with Crippen LogP contribution in [0.15, 0.2) is 30.5 Å². The van der Waals surface area contributed by atoms with Crippen LogP contribution in [0.5, 0.6) is 10.8 Å². The fraction of sp³-hybridized carbons (Fsp3) is 0.333. The fourth-order valence-electron chi connectivity index (χ4n) is 2.11. The second-order valence-corrected chi connectivity index (χ2v) is 6.35. The number of aromatic nitrogens is 1. The maximum atomic E-state index is 13.1. The minimum atomic E-state index is -0.519. The minimum Gasteiger partial charge on any atom is -0.445 e. The van der Waals surface area contributed by atoms with Crippen molar-refractivity contribution in [2.75, 3.05) is 18.5 Å². The zero-order chi connectivity index (χ0) is 15.6. The van der Waals surface area contributed by atoms with Gasteiger partial charge in [-0.05, 0) is 25.5 Å². The van der Waals surface area contributed by atoms with Gasteiger partial charge in [-0.3, -0.25) is 4.79 Å². The Labute approximate surface area is 131 Å². The Bertz CT molecular complexity index is 683. The van der Waals surface area contributed by atoms with Crippen molar-refractivity contribution in [3.63, 3.8) is 0 Å². The van der Waals surface area contributed by atoms with Gasteiger partial charge < -0.3 is 14.8 Å². The Balaban J connectivity index is 1.65. The molecule has 1 saturated heterocycles. The summed E-state index contributed by atoms with van der Waals surface area (Å²) in [5.41, 5.74) is -0.519. The van der Waals surface area contributed by atoms with Gasteiger partial charge in [-0.25, -0.2) is 9.37 Å². The van der Waals surface area contributed by atoms with E-state index in [1.54, 1.807) is 12.1 Å². The molecule has 1 aliphatic heterocycles. The molecule has 1 N–H and O–H groups in total. The van der Waals surface area contributed by atoms with Crippen LogP contribution >= 0.6 is 11.3 Å². The molecule has 22 heavy (non-hydrogen) atoms. The van der Waals surface area contributed by atoms with Gasteiger partial charge in [0.15, 0.2) is 5.13 Å². The molecule has 116 valence electrons. The van der Waals surface area contributed by atoms with Crippen molar-refractivity contribution in [3.8, 4) is 10.8 Å². The molecule has 1 aromatic carbocycles. The van der Waals surface area contributed by atoms with Gasteiger partial charge in [0.25, 0.3) is 0 Å². The molecule has 7 heteroatoms. The van der Waals surface area contributed by atoms with Crippen molar-refractivity contribution in [1.82, 2.24) is 4.98 Å². The molecule has 1 aromatic heterocycles. The third kappa shape index (κ3) is 3.26. The number of carbonyl (C=O) groups is 1. The first kappa shape index (κ1) is 14.9. The number of anilines is 1. The summed E-state index contributed by atoms with van der Waals surface area (Å²) < 4.78 is 23.9. The maximum Gasteiger partial charge on any atom is 0.234 e. The summed E-state index contributed by atoms with van der Waals surface area (Å²) in [6, 6.07) is 5.84. The Morgan fingerprint density at radius 1 is 1.55 bits per heavy atom. The van der Waals surface area contributed by atoms with E-state index in [4.69, 9.17) is 9.47 Å². The van der Waals surface area contributed by atoms with Crippen LogP contribution in [0, 0.1) is 11.2 Å². The third-order valence-electron chi connectivity index (χ3n) is 3.49. The largest absolute Gasteiger partial charge is 0.445 e. The van der Waals surface area contributed by atoms with Crippen LogP contribution in [0.1, 0.15) is 13.3 Å². The van der Waals surface area contributed by atoms with Gasteiger partial charge in [-0.15, -0.1) is 0 Å². The molecule has 0 aliphatic carbocycles. The van der Waals surface area contributed by atoms with Gasteiger partial charge in [0.2, 0.25) is 11.0 Å². The van der Waals surface area contributed by atoms with E-state index < -0.39 is 5.41 Å². The summed E-state index contributed by atoms with van der Waals surface area (Å²) in [5, 5.41) is 3.71. The summed E-state index contributed by atoms with van der Waals surface area (Å²) in [7, 11) is 0. The first-order valence-corrected chi connectivity index (χ1v) is 7.65. The molecule has 0 saturated carbocycles. The lowest BCUT2D eigenvalue weighted by Gasteiger charge is -2.19. The number of ether oxygens (including phenoxy) is 2. The number of nitrogens with one attached hydrogen (secondary N) is 1. The molecule has 0 bridgehead atoms. The summed E-state index contributed by atoms with van der Waals surface area (Å²) in [6.45, 7) is 2.87. The molecular formula is C15H15FN2O3S. The molecule has 1 aliphatic rings. The predicted molar refractivity (Wildman–Crippen MR) is 80.8 cm³/mol. The molecule has 2 heterocycles. The van der Waals surface area contributed by atoms with Crippen molar-refractivity contribution in [2.24, 2.45) is 5.41 Å². The van der Waals surface area contributed by atoms with E-state index in [9.17, 15) is 9.18 Å². The van der Waals surface area contributed by atoms with Crippen LogP contribution in [0.4, 0.5) is 9.52 Å². The number of benzene rings is 1. The van der Waals surface area contributed by atoms with Crippen LogP contribution in [0.2, 0.25) is 0 Å². The fourth-order valence-corrected chi connectivity index (χ4v) is 2.79. The Kier molecular flexibility index (Phi) is 4.08. The van der Waals surface area contributed by atoms with Gasteiger partial charge in [0, 0.05) is 12.7 Å². The van der Waals surface area contributed by atoms with E-state index in [-0.39, 0.29) is 11.7 Å². The van der Waals surface area contributed by atoms with Gasteiger partial charge in [-0.2, -0.15) is 0 Å². The van der Waals surface area contributed by atoms with Crippen molar-refractivity contribution in [2.45, 2.75) is 13.3 Å². The lowest BCUT2D eigenvalue weighted by atomic mass is 9.89. The number of carbonyl (C=O) groups excluding carboxylic acids is 1. The summed E-state index contributed by atoms with van der Waals surface area (Å²) in [4.78, 5) is 16.3. The molecule has 5 nitrogen and oxygen atoms in total. The number of halogens is 1. The van der Waals surface area contributed by atoms with Gasteiger partial charge in [0.1, 0.15) is 11.6 Å². The molecule has 1 atom stereocenters. The third-order valence-corrected chi connectivity index (χ3v) is 4.28. The number of amides is 1. The molecule has 3 rings (SSSR count). The zero-order valence-corrected chi connectivity index (χ0v) is 12.8. The first-order chi connectivity index (χ1) is 10.5. The zero-order valence-electron chi connectivity index (χ0n) is 12.0. The molecule has 0 radical (unpaired) electrons. The smallest absolute Gasteiger partial charge is 0.234 e. The average Bonchev–Trinajstić information content (AvgIpc) is 3.09. The van der Waals surface area contributed by atoms with Gasteiger partial charge in [0.05, 0.1) is 18.2 Å². The van der Waals surface area contributed by atoms with E-state index in [2.05, 4.69) is 10.3 Å². The number of hydrogen-bond donors (Lipinski definition) is 1. The lowest BCUT2D eigenvalue weighted by Crippen LogP contribution is -2.33. The average molecular weight is 322 g/mol. The van der Waals surface area contributed by atoms with E-state index >= 15 is 0 Å². The second kappa shape index (κ2) is 6.02. The number of thiazole rings is 1. The standard InChI is InChI=1S/C15H15FN2O3S/c1-15(5-6-20-9-15)13(19)18-14-17-8-12(22-14)21-11-4-2-3-10(16)7-11/h2-4,7-8H,5-6,9H2,1H3,(H,17,18,19). The highest BCUT2D eigenvalue weighted by molar-refractivity contribution is 7.17. The summed E-state index contributed by atoms with van der Waals surface area (Å²) in [6.07, 6.45) is 2.19. The summed E-state index contributed by atoms with van der Waals surface area (Å²) >= 11 is 1.19. The second-order valence-electron chi connectivity index (χ2n) is 5.36. The molecule has 2 aromatic rings. The first-order valence-electron chi connectivity index (χ1n) is 6.84. The summed E-state index contributed by atoms with van der Waals surface area (Å²) in [5.74, 6) is -0.0981. The van der Waals surface area contributed by atoms with Crippen molar-refractivity contribution < 1.29 is 18.7 Å². The van der Waals surface area contributed by atoms with Crippen molar-refractivity contribution in [1.29, 1.82) is 0 Å². The van der Waals surface area contributed by atoms with E-state index in [1.807, 2.05) is 6.92 Å². The van der Waals surface area contributed by atoms with Crippen molar-refractivity contribution >= 4 is 22.4 Å². The molecular weight excluding hydrogens is 307 g/mol. The van der Waals surface area contributed by atoms with Gasteiger partial charge >= 0.3 is 0 Å². The predicted octanol–water partition coefficient (Wildman–Crippen LogP) is 3.44. The van der Waals surface area contributed by atoms with Crippen LogP contribution in [0.25, 0.3) is 0 Å². The molecule has 1 unspecified atom stereocenters. The highest BCUT2D eigenvalue weighted by atomic mass is 32.1. The highest BCUT2D eigenvalue weighted by Crippen LogP contribution is 2.33. The number of nitrogens with zero attached hydrogens (tertiary/aromatic N) is 1. The molecule has 1 fully saturated rings.